The van der Waals surface area contributed by atoms with Crippen LogP contribution in [0, 0.1) is 0 Å². The van der Waals surface area contributed by atoms with Crippen LogP contribution in [0.4, 0.5) is 0 Å². The predicted octanol–water partition coefficient (Wildman–Crippen LogP) is 3.95. The number of rotatable bonds is 2. The summed E-state index contributed by atoms with van der Waals surface area (Å²) in [7, 11) is 0. The fourth-order valence-corrected chi connectivity index (χ4v) is 2.25. The minimum atomic E-state index is -1.07. The van der Waals surface area contributed by atoms with Crippen molar-refractivity contribution in [1.29, 1.82) is 0 Å². The van der Waals surface area contributed by atoms with Crippen molar-refractivity contribution in [2.24, 2.45) is 0 Å². The smallest absolute Gasteiger partial charge is 0.115 e. The SMILES string of the molecule is CC(C)(C)c1ccc(C(C)(O)c2ccc(O)cc2)cc1. The molecular formula is C18H22O2. The monoisotopic (exact) mass is 270 g/mol. The molecule has 0 fully saturated rings. The molecule has 0 aliphatic carbocycles. The minimum absolute atomic E-state index is 0.100. The summed E-state index contributed by atoms with van der Waals surface area (Å²) in [6.07, 6.45) is 0. The summed E-state index contributed by atoms with van der Waals surface area (Å²) in [5.74, 6) is 0.202. The zero-order valence-corrected chi connectivity index (χ0v) is 12.5. The van der Waals surface area contributed by atoms with Crippen LogP contribution in [-0.4, -0.2) is 10.2 Å². The lowest BCUT2D eigenvalue weighted by molar-refractivity contribution is 0.102. The van der Waals surface area contributed by atoms with Gasteiger partial charge in [-0.05, 0) is 41.2 Å². The molecule has 0 radical (unpaired) electrons. The molecule has 2 aromatic carbocycles. The van der Waals surface area contributed by atoms with Crippen LogP contribution in [0.1, 0.15) is 44.4 Å². The number of hydrogen-bond acceptors (Lipinski definition) is 2. The van der Waals surface area contributed by atoms with Gasteiger partial charge in [0.15, 0.2) is 0 Å². The maximum Gasteiger partial charge on any atom is 0.115 e. The average molecular weight is 270 g/mol. The Bertz CT molecular complexity index is 572. The molecule has 0 heterocycles. The summed E-state index contributed by atoms with van der Waals surface area (Å²) >= 11 is 0. The second-order valence-electron chi connectivity index (χ2n) is 6.45. The van der Waals surface area contributed by atoms with Crippen LogP contribution >= 0.6 is 0 Å². The third kappa shape index (κ3) is 2.86. The summed E-state index contributed by atoms with van der Waals surface area (Å²) in [5.41, 5.74) is 1.88. The van der Waals surface area contributed by atoms with E-state index in [1.165, 1.54) is 5.56 Å². The lowest BCUT2D eigenvalue weighted by Gasteiger charge is -2.26. The van der Waals surface area contributed by atoms with Crippen LogP contribution in [0.15, 0.2) is 48.5 Å². The van der Waals surface area contributed by atoms with E-state index in [0.29, 0.717) is 0 Å². The van der Waals surface area contributed by atoms with Gasteiger partial charge in [0.05, 0.1) is 0 Å². The number of phenolic OH excluding ortho intramolecular Hbond substituents is 1. The molecule has 2 rings (SSSR count). The van der Waals surface area contributed by atoms with Crippen molar-refractivity contribution in [1.82, 2.24) is 0 Å². The minimum Gasteiger partial charge on any atom is -0.508 e. The second-order valence-corrected chi connectivity index (χ2v) is 6.45. The van der Waals surface area contributed by atoms with E-state index in [4.69, 9.17) is 0 Å². The molecule has 1 unspecified atom stereocenters. The Morgan fingerprint density at radius 3 is 1.40 bits per heavy atom. The third-order valence-corrected chi connectivity index (χ3v) is 3.74. The van der Waals surface area contributed by atoms with Gasteiger partial charge in [-0.25, -0.2) is 0 Å². The van der Waals surface area contributed by atoms with Gasteiger partial charge in [0.2, 0.25) is 0 Å². The molecule has 0 aromatic heterocycles. The number of hydrogen-bond donors (Lipinski definition) is 2. The van der Waals surface area contributed by atoms with Crippen LogP contribution in [0.25, 0.3) is 0 Å². The first kappa shape index (κ1) is 14.6. The molecule has 2 heteroatoms. The van der Waals surface area contributed by atoms with Gasteiger partial charge in [0.25, 0.3) is 0 Å². The third-order valence-electron chi connectivity index (χ3n) is 3.74. The van der Waals surface area contributed by atoms with Gasteiger partial charge in [0.1, 0.15) is 11.4 Å². The summed E-state index contributed by atoms with van der Waals surface area (Å²) in [6, 6.07) is 14.7. The topological polar surface area (TPSA) is 40.5 Å². The van der Waals surface area contributed by atoms with Crippen molar-refractivity contribution < 1.29 is 10.2 Å². The standard InChI is InChI=1S/C18H22O2/c1-17(2,3)13-5-7-14(8-6-13)18(4,20)15-9-11-16(19)12-10-15/h5-12,19-20H,1-4H3. The van der Waals surface area contributed by atoms with Crippen LogP contribution in [0.3, 0.4) is 0 Å². The van der Waals surface area contributed by atoms with E-state index in [1.54, 1.807) is 31.2 Å². The van der Waals surface area contributed by atoms with Gasteiger partial charge in [0, 0.05) is 0 Å². The Hall–Kier alpha value is -1.80. The first-order chi connectivity index (χ1) is 9.21. The molecule has 20 heavy (non-hydrogen) atoms. The summed E-state index contributed by atoms with van der Waals surface area (Å²) in [6.45, 7) is 8.27. The maximum atomic E-state index is 10.8. The van der Waals surface area contributed by atoms with Crippen molar-refractivity contribution in [2.75, 3.05) is 0 Å². The molecule has 0 aliphatic rings. The molecule has 0 saturated heterocycles. The van der Waals surface area contributed by atoms with Crippen molar-refractivity contribution in [2.45, 2.75) is 38.7 Å². The highest BCUT2D eigenvalue weighted by molar-refractivity contribution is 5.39. The van der Waals surface area contributed by atoms with Crippen LogP contribution in [0.2, 0.25) is 0 Å². The van der Waals surface area contributed by atoms with E-state index in [9.17, 15) is 10.2 Å². The van der Waals surface area contributed by atoms with Crippen LogP contribution in [0.5, 0.6) is 5.75 Å². The molecule has 0 aliphatic heterocycles. The molecule has 0 spiro atoms. The zero-order chi connectivity index (χ0) is 15.0. The first-order valence-electron chi connectivity index (χ1n) is 6.84. The van der Waals surface area contributed by atoms with E-state index in [0.717, 1.165) is 11.1 Å². The van der Waals surface area contributed by atoms with Crippen molar-refractivity contribution in [3.63, 3.8) is 0 Å². The van der Waals surface area contributed by atoms with Gasteiger partial charge < -0.3 is 10.2 Å². The Labute approximate surface area is 120 Å². The molecule has 2 N–H and O–H groups in total. The molecule has 106 valence electrons. The summed E-state index contributed by atoms with van der Waals surface area (Å²) in [5, 5.41) is 20.1. The highest BCUT2D eigenvalue weighted by Gasteiger charge is 2.26. The lowest BCUT2D eigenvalue weighted by atomic mass is 9.83. The van der Waals surface area contributed by atoms with Gasteiger partial charge in [-0.15, -0.1) is 0 Å². The quantitative estimate of drug-likeness (QED) is 0.867. The van der Waals surface area contributed by atoms with Crippen molar-refractivity contribution in [3.8, 4) is 5.75 Å². The fraction of sp³-hybridized carbons (Fsp3) is 0.333. The molecular weight excluding hydrogens is 248 g/mol. The van der Waals surface area contributed by atoms with Gasteiger partial charge >= 0.3 is 0 Å². The normalized spacial score (nSPS) is 14.8. The second kappa shape index (κ2) is 4.95. The van der Waals surface area contributed by atoms with E-state index in [1.807, 2.05) is 12.1 Å². The summed E-state index contributed by atoms with van der Waals surface area (Å²) < 4.78 is 0. The number of aromatic hydroxyl groups is 1. The van der Waals surface area contributed by atoms with Crippen molar-refractivity contribution in [3.05, 3.63) is 65.2 Å². The Kier molecular flexibility index (Phi) is 3.61. The molecule has 1 atom stereocenters. The van der Waals surface area contributed by atoms with Crippen molar-refractivity contribution >= 4 is 0 Å². The van der Waals surface area contributed by atoms with E-state index in [-0.39, 0.29) is 11.2 Å². The Morgan fingerprint density at radius 1 is 0.650 bits per heavy atom. The molecule has 0 saturated carbocycles. The number of aliphatic hydroxyl groups is 1. The van der Waals surface area contributed by atoms with Gasteiger partial charge in [-0.3, -0.25) is 0 Å². The Balaban J connectivity index is 2.37. The first-order valence-corrected chi connectivity index (χ1v) is 6.84. The van der Waals surface area contributed by atoms with Crippen LogP contribution < -0.4 is 0 Å². The largest absolute Gasteiger partial charge is 0.508 e. The van der Waals surface area contributed by atoms with Crippen LogP contribution in [-0.2, 0) is 11.0 Å². The predicted molar refractivity (Wildman–Crippen MR) is 81.9 cm³/mol. The Morgan fingerprint density at radius 2 is 1.00 bits per heavy atom. The fourth-order valence-electron chi connectivity index (χ4n) is 2.25. The van der Waals surface area contributed by atoms with Gasteiger partial charge in [-0.1, -0.05) is 57.2 Å². The molecule has 0 bridgehead atoms. The zero-order valence-electron chi connectivity index (χ0n) is 12.5. The highest BCUT2D eigenvalue weighted by atomic mass is 16.3. The average Bonchev–Trinajstić information content (AvgIpc) is 2.38. The lowest BCUT2D eigenvalue weighted by Crippen LogP contribution is -2.23. The number of benzene rings is 2. The van der Waals surface area contributed by atoms with E-state index in [2.05, 4.69) is 32.9 Å². The number of phenols is 1. The summed E-state index contributed by atoms with van der Waals surface area (Å²) in [4.78, 5) is 0. The molecule has 2 nitrogen and oxygen atoms in total. The molecule has 0 amide bonds. The molecule has 2 aromatic rings. The van der Waals surface area contributed by atoms with Gasteiger partial charge in [-0.2, -0.15) is 0 Å². The maximum absolute atomic E-state index is 10.8. The van der Waals surface area contributed by atoms with E-state index >= 15 is 0 Å². The van der Waals surface area contributed by atoms with E-state index < -0.39 is 5.60 Å². The highest BCUT2D eigenvalue weighted by Crippen LogP contribution is 2.31.